The zero-order valence-corrected chi connectivity index (χ0v) is 12.3. The molecule has 0 aliphatic heterocycles. The lowest BCUT2D eigenvalue weighted by Crippen LogP contribution is -2.31. The van der Waals surface area contributed by atoms with Crippen LogP contribution in [-0.2, 0) is 4.79 Å². The van der Waals surface area contributed by atoms with Crippen molar-refractivity contribution in [3.05, 3.63) is 16.7 Å². The number of hydrogen-bond acceptors (Lipinski definition) is 4. The normalized spacial score (nSPS) is 10.3. The second-order valence-corrected chi connectivity index (χ2v) is 5.23. The van der Waals surface area contributed by atoms with Crippen LogP contribution in [0.15, 0.2) is 21.8 Å². The number of thioether (sulfide) groups is 1. The van der Waals surface area contributed by atoms with Gasteiger partial charge in [-0.3, -0.25) is 4.79 Å². The number of nitrogens with zero attached hydrogens (tertiary/aromatic N) is 2. The quantitative estimate of drug-likeness (QED) is 0.847. The van der Waals surface area contributed by atoms with E-state index in [4.69, 9.17) is 5.73 Å². The van der Waals surface area contributed by atoms with E-state index in [-0.39, 0.29) is 5.91 Å². The minimum Gasteiger partial charge on any atom is -0.397 e. The van der Waals surface area contributed by atoms with Gasteiger partial charge in [0.2, 0.25) is 5.91 Å². The molecule has 0 aliphatic rings. The average Bonchev–Trinajstić information content (AvgIpc) is 2.29. The monoisotopic (exact) mass is 317 g/mol. The molecule has 0 bridgehead atoms. The molecular formula is C11H16BrN3OS. The van der Waals surface area contributed by atoms with Gasteiger partial charge in [0.05, 0.1) is 22.1 Å². The zero-order valence-electron chi connectivity index (χ0n) is 9.94. The molecule has 1 rings (SSSR count). The van der Waals surface area contributed by atoms with Gasteiger partial charge < -0.3 is 10.6 Å². The second-order valence-electron chi connectivity index (χ2n) is 3.41. The van der Waals surface area contributed by atoms with Crippen LogP contribution < -0.4 is 5.73 Å². The van der Waals surface area contributed by atoms with Crippen LogP contribution in [0.25, 0.3) is 0 Å². The van der Waals surface area contributed by atoms with Crippen molar-refractivity contribution in [3.8, 4) is 0 Å². The number of nitrogen functional groups attached to an aromatic ring is 1. The summed E-state index contributed by atoms with van der Waals surface area (Å²) >= 11 is 4.80. The van der Waals surface area contributed by atoms with Crippen LogP contribution >= 0.6 is 27.7 Å². The summed E-state index contributed by atoms with van der Waals surface area (Å²) in [6.07, 6.45) is 1.59. The molecule has 0 spiro atoms. The van der Waals surface area contributed by atoms with Crippen LogP contribution in [0.2, 0.25) is 0 Å². The number of carbonyl (C=O) groups excluding carboxylic acids is 1. The fourth-order valence-corrected chi connectivity index (χ4v) is 2.82. The molecule has 0 fully saturated rings. The molecule has 1 heterocycles. The molecule has 94 valence electrons. The van der Waals surface area contributed by atoms with E-state index in [1.54, 1.807) is 17.2 Å². The third kappa shape index (κ3) is 4.20. The highest BCUT2D eigenvalue weighted by Crippen LogP contribution is 2.26. The Hall–Kier alpha value is -0.750. The Morgan fingerprint density at radius 2 is 2.18 bits per heavy atom. The standard InChI is InChI=1S/C11H16BrN3OS/c1-3-15(4-2)10(16)7-17-11-9(12)5-8(13)6-14-11/h5-6H,3-4,7,13H2,1-2H3. The minimum atomic E-state index is 0.130. The SMILES string of the molecule is CCN(CC)C(=O)CSc1ncc(N)cc1Br. The molecule has 1 aromatic heterocycles. The number of amides is 1. The maximum Gasteiger partial charge on any atom is 0.232 e. The first-order chi connectivity index (χ1) is 8.08. The predicted octanol–water partition coefficient (Wildman–Crippen LogP) is 2.39. The summed E-state index contributed by atoms with van der Waals surface area (Å²) in [5.41, 5.74) is 6.21. The zero-order chi connectivity index (χ0) is 12.8. The Labute approximate surface area is 114 Å². The highest BCUT2D eigenvalue weighted by molar-refractivity contribution is 9.10. The van der Waals surface area contributed by atoms with Gasteiger partial charge >= 0.3 is 0 Å². The van der Waals surface area contributed by atoms with Crippen LogP contribution in [0, 0.1) is 0 Å². The first kappa shape index (κ1) is 14.3. The maximum absolute atomic E-state index is 11.8. The van der Waals surface area contributed by atoms with E-state index in [1.165, 1.54) is 11.8 Å². The van der Waals surface area contributed by atoms with Crippen LogP contribution in [0.3, 0.4) is 0 Å². The number of aromatic nitrogens is 1. The molecule has 1 aromatic rings. The fraction of sp³-hybridized carbons (Fsp3) is 0.455. The van der Waals surface area contributed by atoms with E-state index < -0.39 is 0 Å². The number of rotatable bonds is 5. The van der Waals surface area contributed by atoms with Crippen molar-refractivity contribution in [2.24, 2.45) is 0 Å². The molecule has 0 aliphatic carbocycles. The number of nitrogens with two attached hydrogens (primary N) is 1. The lowest BCUT2D eigenvalue weighted by Gasteiger charge is -2.18. The molecule has 0 aromatic carbocycles. The summed E-state index contributed by atoms with van der Waals surface area (Å²) in [5.74, 6) is 0.530. The van der Waals surface area contributed by atoms with Gasteiger partial charge in [-0.2, -0.15) is 0 Å². The molecule has 1 amide bonds. The number of pyridine rings is 1. The first-order valence-corrected chi connectivity index (χ1v) is 7.17. The lowest BCUT2D eigenvalue weighted by atomic mass is 10.4. The van der Waals surface area contributed by atoms with E-state index in [2.05, 4.69) is 20.9 Å². The molecule has 0 saturated carbocycles. The predicted molar refractivity (Wildman–Crippen MR) is 75.0 cm³/mol. The third-order valence-corrected chi connectivity index (χ3v) is 4.13. The largest absolute Gasteiger partial charge is 0.397 e. The summed E-state index contributed by atoms with van der Waals surface area (Å²) in [6, 6.07) is 1.79. The number of carbonyl (C=O) groups is 1. The van der Waals surface area contributed by atoms with Crippen LogP contribution in [0.1, 0.15) is 13.8 Å². The summed E-state index contributed by atoms with van der Waals surface area (Å²) in [6.45, 7) is 5.44. The van der Waals surface area contributed by atoms with Gasteiger partial charge in [0.25, 0.3) is 0 Å². The van der Waals surface area contributed by atoms with E-state index in [0.717, 1.165) is 22.6 Å². The Balaban J connectivity index is 2.58. The minimum absolute atomic E-state index is 0.130. The van der Waals surface area contributed by atoms with E-state index in [0.29, 0.717) is 11.4 Å². The van der Waals surface area contributed by atoms with Crippen molar-refractivity contribution in [2.45, 2.75) is 18.9 Å². The van der Waals surface area contributed by atoms with Crippen LogP contribution in [0.4, 0.5) is 5.69 Å². The molecule has 2 N–H and O–H groups in total. The van der Waals surface area contributed by atoms with Crippen molar-refractivity contribution in [3.63, 3.8) is 0 Å². The van der Waals surface area contributed by atoms with E-state index in [9.17, 15) is 4.79 Å². The van der Waals surface area contributed by atoms with Crippen molar-refractivity contribution in [1.82, 2.24) is 9.88 Å². The molecule has 4 nitrogen and oxygen atoms in total. The lowest BCUT2D eigenvalue weighted by molar-refractivity contribution is -0.127. The highest BCUT2D eigenvalue weighted by Gasteiger charge is 2.11. The van der Waals surface area contributed by atoms with Gasteiger partial charge in [0.15, 0.2) is 0 Å². The van der Waals surface area contributed by atoms with Crippen molar-refractivity contribution in [1.29, 1.82) is 0 Å². The first-order valence-electron chi connectivity index (χ1n) is 5.40. The summed E-state index contributed by atoms with van der Waals surface area (Å²) in [4.78, 5) is 17.8. The molecule has 0 atom stereocenters. The van der Waals surface area contributed by atoms with Gasteiger partial charge in [-0.25, -0.2) is 4.98 Å². The molecule has 0 radical (unpaired) electrons. The van der Waals surface area contributed by atoms with Gasteiger partial charge in [-0.15, -0.1) is 0 Å². The van der Waals surface area contributed by atoms with Gasteiger partial charge in [-0.1, -0.05) is 11.8 Å². The highest BCUT2D eigenvalue weighted by atomic mass is 79.9. The molecule has 17 heavy (non-hydrogen) atoms. The number of anilines is 1. The molecule has 6 heteroatoms. The van der Waals surface area contributed by atoms with Gasteiger partial charge in [0.1, 0.15) is 5.03 Å². The van der Waals surface area contributed by atoms with E-state index in [1.807, 2.05) is 13.8 Å². The number of hydrogen-bond donors (Lipinski definition) is 1. The van der Waals surface area contributed by atoms with Crippen molar-refractivity contribution >= 4 is 39.3 Å². The number of halogens is 1. The summed E-state index contributed by atoms with van der Waals surface area (Å²) in [5, 5.41) is 0.791. The molecule has 0 unspecified atom stereocenters. The van der Waals surface area contributed by atoms with Gasteiger partial charge in [0, 0.05) is 13.1 Å². The second kappa shape index (κ2) is 6.86. The Morgan fingerprint density at radius 3 is 2.71 bits per heavy atom. The maximum atomic E-state index is 11.8. The van der Waals surface area contributed by atoms with Gasteiger partial charge in [-0.05, 0) is 35.8 Å². The van der Waals surface area contributed by atoms with Crippen LogP contribution in [-0.4, -0.2) is 34.6 Å². The van der Waals surface area contributed by atoms with E-state index >= 15 is 0 Å². The third-order valence-electron chi connectivity index (χ3n) is 2.28. The van der Waals surface area contributed by atoms with Crippen LogP contribution in [0.5, 0.6) is 0 Å². The molecular weight excluding hydrogens is 302 g/mol. The Kier molecular flexibility index (Phi) is 5.77. The van der Waals surface area contributed by atoms with Crippen molar-refractivity contribution < 1.29 is 4.79 Å². The summed E-state index contributed by atoms with van der Waals surface area (Å²) in [7, 11) is 0. The molecule has 0 saturated heterocycles. The average molecular weight is 318 g/mol. The Bertz CT molecular complexity index is 396. The fourth-order valence-electron chi connectivity index (χ4n) is 1.34. The topological polar surface area (TPSA) is 59.2 Å². The Morgan fingerprint density at radius 1 is 1.53 bits per heavy atom. The summed E-state index contributed by atoms with van der Waals surface area (Å²) < 4.78 is 0.829. The van der Waals surface area contributed by atoms with Crippen molar-refractivity contribution in [2.75, 3.05) is 24.6 Å². The smallest absolute Gasteiger partial charge is 0.232 e.